The summed E-state index contributed by atoms with van der Waals surface area (Å²) in [5, 5.41) is 24.5. The highest BCUT2D eigenvalue weighted by Gasteiger charge is 2.49. The topological polar surface area (TPSA) is 209 Å². The van der Waals surface area contributed by atoms with Crippen LogP contribution >= 0.6 is 26.8 Å². The summed E-state index contributed by atoms with van der Waals surface area (Å²) in [6.45, 7) is 1.98. The lowest BCUT2D eigenvalue weighted by Gasteiger charge is -2.26. The molecule has 2 aromatic heterocycles. The van der Waals surface area contributed by atoms with Gasteiger partial charge in [-0.15, -0.1) is 0 Å². The number of halogens is 1. The third-order valence-electron chi connectivity index (χ3n) is 5.68. The summed E-state index contributed by atoms with van der Waals surface area (Å²) in [5.41, 5.74) is 1.49. The highest BCUT2D eigenvalue weighted by atomic mass is 35.5. The van der Waals surface area contributed by atoms with Crippen molar-refractivity contribution >= 4 is 43.8 Å². The third-order valence-corrected chi connectivity index (χ3v) is 9.35. The standard InChI is InChI=1S/C20H26ClN5O9P2/c1-2-12(35-37(32,33)10-36(29,30)31)16-14(27)15(28)19(34-16)26-9-23-13-17(24-20(21)25-18(13)26)22-8-11-6-4-3-5-7-11/h3-7,9,12,14-16,19,27-28H,2,8,10H2,1H3,(H,32,33)(H,22,24,25)(H2,29,30,31)/t12?,14-,15+,16+,19+/m0/s1. The Balaban J connectivity index is 1.58. The van der Waals surface area contributed by atoms with Gasteiger partial charge in [-0.3, -0.25) is 13.7 Å². The molecule has 0 aliphatic carbocycles. The van der Waals surface area contributed by atoms with E-state index in [2.05, 4.69) is 20.3 Å². The number of aliphatic hydroxyl groups is 2. The van der Waals surface area contributed by atoms with Gasteiger partial charge in [-0.25, -0.2) is 4.98 Å². The molecule has 2 unspecified atom stereocenters. The number of hydrogen-bond donors (Lipinski definition) is 6. The number of hydrogen-bond acceptors (Lipinski definition) is 10. The first-order valence-corrected chi connectivity index (χ1v) is 15.1. The number of fused-ring (bicyclic) bond motifs is 1. The Bertz CT molecular complexity index is 1340. The van der Waals surface area contributed by atoms with Gasteiger partial charge in [0.2, 0.25) is 5.28 Å². The molecule has 0 bridgehead atoms. The van der Waals surface area contributed by atoms with E-state index in [1.54, 1.807) is 6.92 Å². The van der Waals surface area contributed by atoms with Crippen molar-refractivity contribution in [1.29, 1.82) is 0 Å². The molecule has 14 nitrogen and oxygen atoms in total. The van der Waals surface area contributed by atoms with Gasteiger partial charge in [0.05, 0.1) is 12.4 Å². The summed E-state index contributed by atoms with van der Waals surface area (Å²) in [4.78, 5) is 40.7. The van der Waals surface area contributed by atoms with E-state index < -0.39 is 51.7 Å². The second-order valence-electron chi connectivity index (χ2n) is 8.47. The fourth-order valence-corrected chi connectivity index (χ4v) is 7.03. The molecule has 202 valence electrons. The highest BCUT2D eigenvalue weighted by molar-refractivity contribution is 7.70. The van der Waals surface area contributed by atoms with Gasteiger partial charge < -0.3 is 39.5 Å². The lowest BCUT2D eigenvalue weighted by molar-refractivity contribution is -0.0780. The number of anilines is 1. The molecule has 0 radical (unpaired) electrons. The highest BCUT2D eigenvalue weighted by Crippen LogP contribution is 2.57. The van der Waals surface area contributed by atoms with E-state index in [-0.39, 0.29) is 17.4 Å². The van der Waals surface area contributed by atoms with E-state index in [0.29, 0.717) is 17.9 Å². The predicted molar refractivity (Wildman–Crippen MR) is 132 cm³/mol. The zero-order chi connectivity index (χ0) is 27.0. The number of nitrogens with zero attached hydrogens (tertiary/aromatic N) is 4. The number of benzene rings is 1. The lowest BCUT2D eigenvalue weighted by Crippen LogP contribution is -2.39. The molecule has 1 aromatic carbocycles. The molecule has 3 heterocycles. The number of nitrogens with one attached hydrogen (secondary N) is 1. The Morgan fingerprint density at radius 1 is 1.16 bits per heavy atom. The molecule has 0 saturated carbocycles. The van der Waals surface area contributed by atoms with E-state index in [0.717, 1.165) is 5.56 Å². The maximum Gasteiger partial charge on any atom is 0.340 e. The minimum Gasteiger partial charge on any atom is -0.387 e. The Morgan fingerprint density at radius 3 is 2.51 bits per heavy atom. The van der Waals surface area contributed by atoms with Crippen molar-refractivity contribution in [3.63, 3.8) is 0 Å². The summed E-state index contributed by atoms with van der Waals surface area (Å²) < 4.78 is 35.7. The number of aliphatic hydroxyl groups excluding tert-OH is 2. The third kappa shape index (κ3) is 6.55. The molecule has 0 amide bonds. The van der Waals surface area contributed by atoms with Gasteiger partial charge >= 0.3 is 15.2 Å². The van der Waals surface area contributed by atoms with Crippen LogP contribution in [0.25, 0.3) is 11.2 Å². The monoisotopic (exact) mass is 577 g/mol. The van der Waals surface area contributed by atoms with Gasteiger partial charge in [-0.1, -0.05) is 37.3 Å². The summed E-state index contributed by atoms with van der Waals surface area (Å²) in [5.74, 6) is -1.07. The van der Waals surface area contributed by atoms with Crippen molar-refractivity contribution in [3.05, 3.63) is 47.5 Å². The lowest BCUT2D eigenvalue weighted by atomic mass is 10.0. The second-order valence-corrected chi connectivity index (χ2v) is 12.8. The first kappa shape index (κ1) is 28.1. The smallest absolute Gasteiger partial charge is 0.340 e. The molecule has 6 N–H and O–H groups in total. The molecule has 0 spiro atoms. The summed E-state index contributed by atoms with van der Waals surface area (Å²) in [6.07, 6.45) is -5.58. The van der Waals surface area contributed by atoms with E-state index in [9.17, 15) is 24.2 Å². The van der Waals surface area contributed by atoms with Crippen LogP contribution in [0.3, 0.4) is 0 Å². The number of aromatic nitrogens is 4. The van der Waals surface area contributed by atoms with Gasteiger partial charge in [-0.05, 0) is 23.6 Å². The average Bonchev–Trinajstić information content (AvgIpc) is 3.36. The predicted octanol–water partition coefficient (Wildman–Crippen LogP) is 1.83. The molecule has 1 saturated heterocycles. The van der Waals surface area contributed by atoms with Crippen LogP contribution in [0.2, 0.25) is 5.28 Å². The first-order chi connectivity index (χ1) is 17.4. The molecular weight excluding hydrogens is 552 g/mol. The zero-order valence-corrected chi connectivity index (χ0v) is 21.9. The van der Waals surface area contributed by atoms with Crippen molar-refractivity contribution in [2.45, 2.75) is 50.5 Å². The van der Waals surface area contributed by atoms with Crippen LogP contribution in [0, 0.1) is 0 Å². The van der Waals surface area contributed by atoms with Crippen LogP contribution in [-0.2, 0) is 24.9 Å². The average molecular weight is 578 g/mol. The molecule has 3 aromatic rings. The van der Waals surface area contributed by atoms with E-state index in [1.165, 1.54) is 10.9 Å². The Morgan fingerprint density at radius 2 is 1.86 bits per heavy atom. The summed E-state index contributed by atoms with van der Waals surface area (Å²) in [7, 11) is -9.61. The van der Waals surface area contributed by atoms with E-state index >= 15 is 0 Å². The number of rotatable bonds is 10. The van der Waals surface area contributed by atoms with Crippen molar-refractivity contribution in [1.82, 2.24) is 19.5 Å². The molecule has 1 aliphatic rings. The van der Waals surface area contributed by atoms with Crippen molar-refractivity contribution in [2.75, 3.05) is 11.2 Å². The second kappa shape index (κ2) is 11.0. The Hall–Kier alpha value is -1.96. The van der Waals surface area contributed by atoms with Gasteiger partial charge in [-0.2, -0.15) is 9.97 Å². The van der Waals surface area contributed by atoms with Crippen molar-refractivity contribution < 1.29 is 43.3 Å². The van der Waals surface area contributed by atoms with Crippen molar-refractivity contribution in [2.24, 2.45) is 0 Å². The van der Waals surface area contributed by atoms with Crippen LogP contribution in [0.4, 0.5) is 5.82 Å². The Kier molecular flexibility index (Phi) is 8.37. The fraction of sp³-hybridized carbons (Fsp3) is 0.450. The van der Waals surface area contributed by atoms with Gasteiger partial charge in [0, 0.05) is 6.54 Å². The first-order valence-electron chi connectivity index (χ1n) is 11.1. The van der Waals surface area contributed by atoms with Crippen LogP contribution in [-0.4, -0.2) is 74.7 Å². The van der Waals surface area contributed by atoms with E-state index in [4.69, 9.17) is 30.6 Å². The SMILES string of the molecule is CCC(OP(=O)(O)CP(=O)(O)O)[C@H]1O[C@@H](n2cnc3c(NCc4ccccc4)nc(Cl)nc32)[C@H](O)[C@@H]1O. The normalized spacial score (nSPS) is 24.7. The molecular formula is C20H26ClN5O9P2. The van der Waals surface area contributed by atoms with Crippen LogP contribution in [0.15, 0.2) is 36.7 Å². The quantitative estimate of drug-likeness (QED) is 0.150. The van der Waals surface area contributed by atoms with E-state index in [1.807, 2.05) is 30.3 Å². The maximum absolute atomic E-state index is 12.3. The molecule has 37 heavy (non-hydrogen) atoms. The largest absolute Gasteiger partial charge is 0.387 e. The molecule has 17 heteroatoms. The van der Waals surface area contributed by atoms with Gasteiger partial charge in [0.25, 0.3) is 0 Å². The molecule has 1 aliphatic heterocycles. The Labute approximate surface area is 216 Å². The fourth-order valence-electron chi connectivity index (χ4n) is 4.05. The maximum atomic E-state index is 12.3. The zero-order valence-electron chi connectivity index (χ0n) is 19.4. The van der Waals surface area contributed by atoms with Crippen LogP contribution in [0.1, 0.15) is 25.1 Å². The number of imidazole rings is 1. The number of ether oxygens (including phenoxy) is 1. The van der Waals surface area contributed by atoms with Gasteiger partial charge in [0.1, 0.15) is 18.3 Å². The van der Waals surface area contributed by atoms with Crippen LogP contribution < -0.4 is 5.32 Å². The molecule has 6 atom stereocenters. The minimum atomic E-state index is -4.86. The minimum absolute atomic E-state index is 0.0269. The molecule has 1 fully saturated rings. The summed E-state index contributed by atoms with van der Waals surface area (Å²) >= 11 is 6.13. The summed E-state index contributed by atoms with van der Waals surface area (Å²) in [6, 6.07) is 9.53. The van der Waals surface area contributed by atoms with Crippen molar-refractivity contribution in [3.8, 4) is 0 Å². The molecule has 4 rings (SSSR count). The van der Waals surface area contributed by atoms with Crippen LogP contribution in [0.5, 0.6) is 0 Å². The van der Waals surface area contributed by atoms with Gasteiger partial charge in [0.15, 0.2) is 29.1 Å².